The number of carbonyl (C=O) groups excluding carboxylic acids is 1. The molecule has 0 radical (unpaired) electrons. The molecule has 1 amide bonds. The van der Waals surface area contributed by atoms with Crippen molar-refractivity contribution in [2.24, 2.45) is 0 Å². The number of amides is 1. The van der Waals surface area contributed by atoms with Crippen molar-refractivity contribution in [1.82, 2.24) is 5.32 Å². The van der Waals surface area contributed by atoms with E-state index in [1.807, 2.05) is 25.1 Å². The van der Waals surface area contributed by atoms with Gasteiger partial charge in [0.25, 0.3) is 5.91 Å². The second-order valence-electron chi connectivity index (χ2n) is 6.06. The SMILES string of the molecule is CCc1ccc(OCC(=O)N[C@@H](C)c2cc(C)ccc2C)c(Br)c1. The molecule has 0 saturated carbocycles. The molecule has 0 bridgehead atoms. The van der Waals surface area contributed by atoms with Gasteiger partial charge in [0, 0.05) is 0 Å². The number of rotatable bonds is 6. The molecule has 2 rings (SSSR count). The van der Waals surface area contributed by atoms with Crippen LogP contribution < -0.4 is 10.1 Å². The first-order valence-corrected chi connectivity index (χ1v) is 8.97. The fourth-order valence-electron chi connectivity index (χ4n) is 2.61. The smallest absolute Gasteiger partial charge is 0.258 e. The van der Waals surface area contributed by atoms with E-state index in [9.17, 15) is 4.79 Å². The molecule has 24 heavy (non-hydrogen) atoms. The van der Waals surface area contributed by atoms with Gasteiger partial charge in [0.05, 0.1) is 10.5 Å². The highest BCUT2D eigenvalue weighted by molar-refractivity contribution is 9.10. The molecule has 0 aliphatic carbocycles. The quantitative estimate of drug-likeness (QED) is 0.763. The molecule has 0 fully saturated rings. The highest BCUT2D eigenvalue weighted by Crippen LogP contribution is 2.26. The number of nitrogens with one attached hydrogen (secondary N) is 1. The Balaban J connectivity index is 1.94. The van der Waals surface area contributed by atoms with Crippen molar-refractivity contribution in [1.29, 1.82) is 0 Å². The summed E-state index contributed by atoms with van der Waals surface area (Å²) in [5, 5.41) is 3.00. The Labute approximate surface area is 152 Å². The maximum absolute atomic E-state index is 12.2. The van der Waals surface area contributed by atoms with Gasteiger partial charge in [-0.2, -0.15) is 0 Å². The van der Waals surface area contributed by atoms with Gasteiger partial charge in [-0.25, -0.2) is 0 Å². The Morgan fingerprint density at radius 3 is 2.62 bits per heavy atom. The molecule has 3 nitrogen and oxygen atoms in total. The first-order chi connectivity index (χ1) is 11.4. The molecule has 1 atom stereocenters. The summed E-state index contributed by atoms with van der Waals surface area (Å²) in [6.07, 6.45) is 0.965. The Bertz CT molecular complexity index is 728. The number of hydrogen-bond acceptors (Lipinski definition) is 2. The third kappa shape index (κ3) is 4.84. The first kappa shape index (κ1) is 18.5. The van der Waals surface area contributed by atoms with Crippen LogP contribution in [0.5, 0.6) is 5.75 Å². The number of ether oxygens (including phenoxy) is 1. The van der Waals surface area contributed by atoms with E-state index in [2.05, 4.69) is 60.2 Å². The Hall–Kier alpha value is -1.81. The standard InChI is InChI=1S/C20H24BrNO2/c1-5-16-8-9-19(18(21)11-16)24-12-20(23)22-15(4)17-10-13(2)6-7-14(17)3/h6-11,15H,5,12H2,1-4H3,(H,22,23)/t15-/m0/s1. The van der Waals surface area contributed by atoms with E-state index in [-0.39, 0.29) is 18.6 Å². The fraction of sp³-hybridized carbons (Fsp3) is 0.350. The normalized spacial score (nSPS) is 11.9. The van der Waals surface area contributed by atoms with Crippen molar-refractivity contribution in [3.8, 4) is 5.75 Å². The molecule has 2 aromatic rings. The molecule has 0 aliphatic heterocycles. The van der Waals surface area contributed by atoms with Crippen molar-refractivity contribution in [3.63, 3.8) is 0 Å². The van der Waals surface area contributed by atoms with Crippen LogP contribution in [0, 0.1) is 13.8 Å². The minimum Gasteiger partial charge on any atom is -0.483 e. The third-order valence-corrected chi connectivity index (χ3v) is 4.66. The third-order valence-electron chi connectivity index (χ3n) is 4.04. The zero-order valence-electron chi connectivity index (χ0n) is 14.7. The second kappa shape index (κ2) is 8.34. The summed E-state index contributed by atoms with van der Waals surface area (Å²) in [4.78, 5) is 12.2. The molecule has 0 spiro atoms. The lowest BCUT2D eigenvalue weighted by Crippen LogP contribution is -2.31. The summed E-state index contributed by atoms with van der Waals surface area (Å²) in [5.41, 5.74) is 4.72. The highest BCUT2D eigenvalue weighted by atomic mass is 79.9. The number of aryl methyl sites for hydroxylation is 3. The second-order valence-corrected chi connectivity index (χ2v) is 6.91. The first-order valence-electron chi connectivity index (χ1n) is 8.18. The lowest BCUT2D eigenvalue weighted by Gasteiger charge is -2.18. The van der Waals surface area contributed by atoms with Crippen LogP contribution >= 0.6 is 15.9 Å². The zero-order chi connectivity index (χ0) is 17.7. The van der Waals surface area contributed by atoms with E-state index in [0.29, 0.717) is 5.75 Å². The molecule has 128 valence electrons. The Morgan fingerprint density at radius 2 is 1.96 bits per heavy atom. The van der Waals surface area contributed by atoms with E-state index in [1.165, 1.54) is 16.7 Å². The van der Waals surface area contributed by atoms with Gasteiger partial charge in [0.15, 0.2) is 6.61 Å². The molecule has 0 aromatic heterocycles. The summed E-state index contributed by atoms with van der Waals surface area (Å²) in [6.45, 7) is 8.20. The van der Waals surface area contributed by atoms with Gasteiger partial charge in [-0.15, -0.1) is 0 Å². The summed E-state index contributed by atoms with van der Waals surface area (Å²) < 4.78 is 6.50. The maximum Gasteiger partial charge on any atom is 0.258 e. The van der Waals surface area contributed by atoms with Gasteiger partial charge < -0.3 is 10.1 Å². The van der Waals surface area contributed by atoms with Crippen molar-refractivity contribution in [2.75, 3.05) is 6.61 Å². The van der Waals surface area contributed by atoms with Crippen LogP contribution in [-0.2, 0) is 11.2 Å². The zero-order valence-corrected chi connectivity index (χ0v) is 16.2. The van der Waals surface area contributed by atoms with E-state index in [4.69, 9.17) is 4.74 Å². The minimum absolute atomic E-state index is 0.000719. The number of carbonyl (C=O) groups is 1. The fourth-order valence-corrected chi connectivity index (χ4v) is 3.15. The number of halogens is 1. The van der Waals surface area contributed by atoms with Crippen LogP contribution in [0.4, 0.5) is 0 Å². The monoisotopic (exact) mass is 389 g/mol. The lowest BCUT2D eigenvalue weighted by molar-refractivity contribution is -0.123. The van der Waals surface area contributed by atoms with E-state index < -0.39 is 0 Å². The predicted octanol–water partition coefficient (Wildman–Crippen LogP) is 4.88. The average Bonchev–Trinajstić information content (AvgIpc) is 2.55. The van der Waals surface area contributed by atoms with E-state index in [1.54, 1.807) is 0 Å². The molecule has 4 heteroatoms. The largest absolute Gasteiger partial charge is 0.483 e. The average molecular weight is 390 g/mol. The summed E-state index contributed by atoms with van der Waals surface area (Å²) >= 11 is 3.49. The minimum atomic E-state index is -0.130. The number of benzene rings is 2. The van der Waals surface area contributed by atoms with Crippen molar-refractivity contribution < 1.29 is 9.53 Å². The molecular formula is C20H24BrNO2. The molecule has 0 aliphatic rings. The molecule has 0 saturated heterocycles. The van der Waals surface area contributed by atoms with E-state index in [0.717, 1.165) is 16.5 Å². The molecule has 0 heterocycles. The number of hydrogen-bond donors (Lipinski definition) is 1. The van der Waals surface area contributed by atoms with Crippen LogP contribution in [0.2, 0.25) is 0 Å². The Kier molecular flexibility index (Phi) is 6.44. The lowest BCUT2D eigenvalue weighted by atomic mass is 10.00. The predicted molar refractivity (Wildman–Crippen MR) is 101 cm³/mol. The molecule has 0 unspecified atom stereocenters. The summed E-state index contributed by atoms with van der Waals surface area (Å²) in [7, 11) is 0. The molecule has 2 aromatic carbocycles. The van der Waals surface area contributed by atoms with Gasteiger partial charge in [0.2, 0.25) is 0 Å². The van der Waals surface area contributed by atoms with Gasteiger partial charge in [-0.05, 0) is 71.9 Å². The summed E-state index contributed by atoms with van der Waals surface area (Å²) in [6, 6.07) is 12.1. The molecular weight excluding hydrogens is 366 g/mol. The van der Waals surface area contributed by atoms with Gasteiger partial charge >= 0.3 is 0 Å². The van der Waals surface area contributed by atoms with Crippen LogP contribution in [0.15, 0.2) is 40.9 Å². The summed E-state index contributed by atoms with van der Waals surface area (Å²) in [5.74, 6) is 0.552. The van der Waals surface area contributed by atoms with Crippen molar-refractivity contribution >= 4 is 21.8 Å². The van der Waals surface area contributed by atoms with E-state index >= 15 is 0 Å². The van der Waals surface area contributed by atoms with Gasteiger partial charge in [0.1, 0.15) is 5.75 Å². The molecule has 1 N–H and O–H groups in total. The topological polar surface area (TPSA) is 38.3 Å². The van der Waals surface area contributed by atoms with Crippen LogP contribution in [-0.4, -0.2) is 12.5 Å². The van der Waals surface area contributed by atoms with Gasteiger partial charge in [-0.1, -0.05) is 36.8 Å². The van der Waals surface area contributed by atoms with Crippen molar-refractivity contribution in [2.45, 2.75) is 40.2 Å². The van der Waals surface area contributed by atoms with Crippen LogP contribution in [0.1, 0.15) is 42.1 Å². The van der Waals surface area contributed by atoms with Crippen LogP contribution in [0.25, 0.3) is 0 Å². The van der Waals surface area contributed by atoms with Crippen molar-refractivity contribution in [3.05, 3.63) is 63.1 Å². The Morgan fingerprint density at radius 1 is 1.21 bits per heavy atom. The van der Waals surface area contributed by atoms with Gasteiger partial charge in [-0.3, -0.25) is 4.79 Å². The van der Waals surface area contributed by atoms with Crippen LogP contribution in [0.3, 0.4) is 0 Å². The maximum atomic E-state index is 12.2. The highest BCUT2D eigenvalue weighted by Gasteiger charge is 2.13.